The Balaban J connectivity index is 1.95. The number of hydrogen-bond donors (Lipinski definition) is 1. The molecule has 0 unspecified atom stereocenters. The number of nitrogens with one attached hydrogen (secondary N) is 1. The van der Waals surface area contributed by atoms with Crippen molar-refractivity contribution >= 4 is 41.2 Å². The van der Waals surface area contributed by atoms with Gasteiger partial charge < -0.3 is 0 Å². The van der Waals surface area contributed by atoms with Gasteiger partial charge >= 0.3 is 12.2 Å². The number of imide groups is 2. The van der Waals surface area contributed by atoms with Gasteiger partial charge in [0.1, 0.15) is 5.57 Å². The van der Waals surface area contributed by atoms with Gasteiger partial charge in [0.2, 0.25) is 0 Å². The molecular weight excluding hydrogens is 385 g/mol. The molecule has 0 radical (unpaired) electrons. The molecule has 27 heavy (non-hydrogen) atoms. The van der Waals surface area contributed by atoms with Gasteiger partial charge in [0.25, 0.3) is 11.8 Å². The Bertz CT molecular complexity index is 951. The molecule has 1 saturated heterocycles. The first kappa shape index (κ1) is 18.7. The number of hydrogen-bond acceptors (Lipinski definition) is 3. The Labute approximate surface area is 156 Å². The van der Waals surface area contributed by atoms with Crippen LogP contribution in [0.1, 0.15) is 11.1 Å². The first-order valence-electron chi connectivity index (χ1n) is 7.51. The lowest BCUT2D eigenvalue weighted by atomic mass is 10.1. The summed E-state index contributed by atoms with van der Waals surface area (Å²) in [5.41, 5.74) is -0.856. The van der Waals surface area contributed by atoms with Crippen molar-refractivity contribution in [3.05, 3.63) is 70.3 Å². The molecule has 1 N–H and O–H groups in total. The third kappa shape index (κ3) is 3.85. The van der Waals surface area contributed by atoms with E-state index in [1.165, 1.54) is 24.3 Å². The summed E-state index contributed by atoms with van der Waals surface area (Å²) in [5, 5.41) is 2.41. The number of anilines is 1. The van der Waals surface area contributed by atoms with Gasteiger partial charge in [-0.15, -0.1) is 0 Å². The van der Waals surface area contributed by atoms with Crippen LogP contribution in [0.3, 0.4) is 0 Å². The Kier molecular flexibility index (Phi) is 4.75. The van der Waals surface area contributed by atoms with E-state index in [0.29, 0.717) is 5.02 Å². The maximum absolute atomic E-state index is 12.6. The predicted octanol–water partition coefficient (Wildman–Crippen LogP) is 4.03. The van der Waals surface area contributed by atoms with Crippen LogP contribution in [0.5, 0.6) is 0 Å². The van der Waals surface area contributed by atoms with E-state index in [2.05, 4.69) is 0 Å². The summed E-state index contributed by atoms with van der Waals surface area (Å²) in [5.74, 6) is -1.83. The van der Waals surface area contributed by atoms with E-state index < -0.39 is 29.6 Å². The fourth-order valence-electron chi connectivity index (χ4n) is 2.42. The molecule has 0 saturated carbocycles. The van der Waals surface area contributed by atoms with E-state index in [1.807, 2.05) is 5.32 Å². The number of halogens is 4. The van der Waals surface area contributed by atoms with Crippen molar-refractivity contribution in [1.82, 2.24) is 5.32 Å². The molecule has 2 aromatic rings. The molecule has 0 bridgehead atoms. The second-order valence-corrected chi connectivity index (χ2v) is 5.99. The van der Waals surface area contributed by atoms with Gasteiger partial charge in [-0.1, -0.05) is 23.7 Å². The normalized spacial score (nSPS) is 16.7. The summed E-state index contributed by atoms with van der Waals surface area (Å²) in [7, 11) is 0. The zero-order valence-corrected chi connectivity index (χ0v) is 14.1. The van der Waals surface area contributed by atoms with Crippen molar-refractivity contribution in [2.24, 2.45) is 0 Å². The molecule has 4 amide bonds. The van der Waals surface area contributed by atoms with Crippen LogP contribution < -0.4 is 10.2 Å². The summed E-state index contributed by atoms with van der Waals surface area (Å²) >= 11 is 5.78. The number of rotatable bonds is 2. The summed E-state index contributed by atoms with van der Waals surface area (Å²) in [6, 6.07) is 8.76. The van der Waals surface area contributed by atoms with Crippen LogP contribution in [0.2, 0.25) is 5.02 Å². The van der Waals surface area contributed by atoms with Crippen LogP contribution in [0.25, 0.3) is 6.08 Å². The topological polar surface area (TPSA) is 66.5 Å². The van der Waals surface area contributed by atoms with Crippen LogP contribution in [0, 0.1) is 0 Å². The van der Waals surface area contributed by atoms with Gasteiger partial charge in [-0.3, -0.25) is 14.9 Å². The molecule has 0 atom stereocenters. The monoisotopic (exact) mass is 394 g/mol. The maximum Gasteiger partial charge on any atom is 0.416 e. The number of barbiturate groups is 1. The largest absolute Gasteiger partial charge is 0.416 e. The quantitative estimate of drug-likeness (QED) is 0.618. The average molecular weight is 395 g/mol. The molecule has 5 nitrogen and oxygen atoms in total. The van der Waals surface area contributed by atoms with Crippen molar-refractivity contribution in [2.45, 2.75) is 6.18 Å². The zero-order chi connectivity index (χ0) is 19.8. The van der Waals surface area contributed by atoms with E-state index in [4.69, 9.17) is 11.6 Å². The Morgan fingerprint density at radius 1 is 0.926 bits per heavy atom. The molecule has 2 aromatic carbocycles. The molecular formula is C18H10ClF3N2O3. The highest BCUT2D eigenvalue weighted by atomic mass is 35.5. The lowest BCUT2D eigenvalue weighted by Crippen LogP contribution is -2.54. The second-order valence-electron chi connectivity index (χ2n) is 5.55. The van der Waals surface area contributed by atoms with E-state index in [0.717, 1.165) is 35.2 Å². The summed E-state index contributed by atoms with van der Waals surface area (Å²) in [6.45, 7) is 0. The van der Waals surface area contributed by atoms with Crippen molar-refractivity contribution in [1.29, 1.82) is 0 Å². The fraction of sp³-hybridized carbons (Fsp3) is 0.0556. The molecule has 0 aliphatic carbocycles. The third-order valence-corrected chi connectivity index (χ3v) is 3.99. The third-order valence-electron chi connectivity index (χ3n) is 3.74. The highest BCUT2D eigenvalue weighted by Crippen LogP contribution is 2.29. The SMILES string of the molecule is O=C1NC(=O)N(c2ccc(Cl)cc2)C(=O)/C1=C/c1ccc(C(F)(F)F)cc1. The summed E-state index contributed by atoms with van der Waals surface area (Å²) in [4.78, 5) is 37.4. The molecule has 1 aliphatic heterocycles. The van der Waals surface area contributed by atoms with E-state index >= 15 is 0 Å². The first-order valence-corrected chi connectivity index (χ1v) is 7.89. The summed E-state index contributed by atoms with van der Waals surface area (Å²) in [6.07, 6.45) is -3.38. The van der Waals surface area contributed by atoms with E-state index in [-0.39, 0.29) is 16.8 Å². The minimum atomic E-state index is -4.50. The van der Waals surface area contributed by atoms with Crippen LogP contribution in [0.4, 0.5) is 23.7 Å². The van der Waals surface area contributed by atoms with Gasteiger partial charge in [0.15, 0.2) is 0 Å². The molecule has 0 aromatic heterocycles. The number of carbonyl (C=O) groups excluding carboxylic acids is 3. The molecule has 1 heterocycles. The molecule has 1 aliphatic rings. The highest BCUT2D eigenvalue weighted by molar-refractivity contribution is 6.39. The summed E-state index contributed by atoms with van der Waals surface area (Å²) < 4.78 is 37.9. The number of benzene rings is 2. The van der Waals surface area contributed by atoms with Crippen molar-refractivity contribution in [2.75, 3.05) is 4.90 Å². The van der Waals surface area contributed by atoms with Gasteiger partial charge in [-0.05, 0) is 48.0 Å². The highest BCUT2D eigenvalue weighted by Gasteiger charge is 2.37. The van der Waals surface area contributed by atoms with Crippen molar-refractivity contribution in [3.63, 3.8) is 0 Å². The van der Waals surface area contributed by atoms with Crippen LogP contribution in [-0.2, 0) is 15.8 Å². The lowest BCUT2D eigenvalue weighted by molar-refractivity contribution is -0.137. The molecule has 138 valence electrons. The molecule has 1 fully saturated rings. The Morgan fingerprint density at radius 2 is 1.52 bits per heavy atom. The lowest BCUT2D eigenvalue weighted by Gasteiger charge is -2.26. The van der Waals surface area contributed by atoms with Gasteiger partial charge in [-0.25, -0.2) is 9.69 Å². The second kappa shape index (κ2) is 6.88. The van der Waals surface area contributed by atoms with Crippen LogP contribution in [-0.4, -0.2) is 17.8 Å². The Hall–Kier alpha value is -3.13. The van der Waals surface area contributed by atoms with E-state index in [1.54, 1.807) is 0 Å². The van der Waals surface area contributed by atoms with Crippen LogP contribution >= 0.6 is 11.6 Å². The standard InChI is InChI=1S/C18H10ClF3N2O3/c19-12-5-7-13(8-6-12)24-16(26)14(15(25)23-17(24)27)9-10-1-3-11(4-2-10)18(20,21)22/h1-9H,(H,23,25,27)/b14-9+. The van der Waals surface area contributed by atoms with Crippen molar-refractivity contribution in [3.8, 4) is 0 Å². The fourth-order valence-corrected chi connectivity index (χ4v) is 2.54. The number of amides is 4. The van der Waals surface area contributed by atoms with Gasteiger partial charge in [0.05, 0.1) is 11.3 Å². The minimum absolute atomic E-state index is 0.188. The first-order chi connectivity index (χ1) is 12.7. The average Bonchev–Trinajstić information content (AvgIpc) is 2.60. The van der Waals surface area contributed by atoms with Gasteiger partial charge in [0, 0.05) is 5.02 Å². The molecule has 0 spiro atoms. The minimum Gasteiger partial charge on any atom is -0.273 e. The van der Waals surface area contributed by atoms with Crippen LogP contribution in [0.15, 0.2) is 54.1 Å². The van der Waals surface area contributed by atoms with Crippen molar-refractivity contribution < 1.29 is 27.6 Å². The Morgan fingerprint density at radius 3 is 2.07 bits per heavy atom. The van der Waals surface area contributed by atoms with E-state index in [9.17, 15) is 27.6 Å². The number of urea groups is 1. The maximum atomic E-state index is 12.6. The molecule has 3 rings (SSSR count). The molecule has 9 heteroatoms. The predicted molar refractivity (Wildman–Crippen MR) is 91.9 cm³/mol. The number of alkyl halides is 3. The number of nitrogens with zero attached hydrogens (tertiary/aromatic N) is 1. The zero-order valence-electron chi connectivity index (χ0n) is 13.4. The smallest absolute Gasteiger partial charge is 0.273 e. The number of carbonyl (C=O) groups is 3. The van der Waals surface area contributed by atoms with Gasteiger partial charge in [-0.2, -0.15) is 13.2 Å².